The van der Waals surface area contributed by atoms with Gasteiger partial charge in [0.2, 0.25) is 5.91 Å². The molecule has 1 atom stereocenters. The molecule has 0 saturated heterocycles. The van der Waals surface area contributed by atoms with Crippen LogP contribution < -0.4 is 10.6 Å². The van der Waals surface area contributed by atoms with Gasteiger partial charge in [0.05, 0.1) is 12.6 Å². The normalized spacial score (nSPS) is 11.9. The first-order chi connectivity index (χ1) is 9.50. The molecule has 0 aliphatic heterocycles. The van der Waals surface area contributed by atoms with Crippen molar-refractivity contribution in [2.45, 2.75) is 25.8 Å². The summed E-state index contributed by atoms with van der Waals surface area (Å²) in [5.74, 6) is -0.976. The molecule has 0 aliphatic rings. The van der Waals surface area contributed by atoms with E-state index >= 15 is 0 Å². The summed E-state index contributed by atoms with van der Waals surface area (Å²) in [6.07, 6.45) is 0.604. The number of aliphatic carboxylic acids is 1. The second-order valence-corrected chi connectivity index (χ2v) is 4.89. The lowest BCUT2D eigenvalue weighted by Gasteiger charge is -2.15. The highest BCUT2D eigenvalue weighted by Crippen LogP contribution is 2.21. The molecule has 6 heteroatoms. The molecule has 0 spiro atoms. The fourth-order valence-electron chi connectivity index (χ4n) is 1.76. The van der Waals surface area contributed by atoms with Crippen LogP contribution >= 0.6 is 11.6 Å². The Morgan fingerprint density at radius 2 is 2.05 bits per heavy atom. The first kappa shape index (κ1) is 16.5. The molecular weight excluding hydrogens is 280 g/mol. The third kappa shape index (κ3) is 6.04. The molecule has 0 aliphatic carbocycles. The SMILES string of the molecule is CC(NC(=O)CNCCCC(=O)O)c1ccccc1Cl. The second kappa shape index (κ2) is 8.55. The Morgan fingerprint density at radius 3 is 2.70 bits per heavy atom. The van der Waals surface area contributed by atoms with Gasteiger partial charge in [-0.3, -0.25) is 9.59 Å². The Hall–Kier alpha value is -1.59. The van der Waals surface area contributed by atoms with Crippen molar-refractivity contribution in [3.63, 3.8) is 0 Å². The lowest BCUT2D eigenvalue weighted by atomic mass is 10.1. The number of halogens is 1. The topological polar surface area (TPSA) is 78.4 Å². The highest BCUT2D eigenvalue weighted by molar-refractivity contribution is 6.31. The summed E-state index contributed by atoms with van der Waals surface area (Å²) >= 11 is 6.06. The van der Waals surface area contributed by atoms with E-state index < -0.39 is 5.97 Å². The van der Waals surface area contributed by atoms with Crippen molar-refractivity contribution in [3.05, 3.63) is 34.9 Å². The average molecular weight is 299 g/mol. The van der Waals surface area contributed by atoms with Crippen LogP contribution in [0, 0.1) is 0 Å². The molecule has 5 nitrogen and oxygen atoms in total. The van der Waals surface area contributed by atoms with Crippen molar-refractivity contribution in [2.75, 3.05) is 13.1 Å². The van der Waals surface area contributed by atoms with Crippen LogP contribution in [0.1, 0.15) is 31.4 Å². The van der Waals surface area contributed by atoms with E-state index in [1.807, 2.05) is 25.1 Å². The first-order valence-corrected chi connectivity index (χ1v) is 6.85. The molecule has 0 saturated carbocycles. The van der Waals surface area contributed by atoms with Crippen molar-refractivity contribution in [1.82, 2.24) is 10.6 Å². The van der Waals surface area contributed by atoms with Gasteiger partial charge in [-0.25, -0.2) is 0 Å². The van der Waals surface area contributed by atoms with Gasteiger partial charge in [0, 0.05) is 11.4 Å². The minimum absolute atomic E-state index is 0.102. The molecule has 0 aromatic heterocycles. The molecule has 1 rings (SSSR count). The molecule has 1 amide bonds. The monoisotopic (exact) mass is 298 g/mol. The van der Waals surface area contributed by atoms with Crippen LogP contribution in [0.4, 0.5) is 0 Å². The number of hydrogen-bond acceptors (Lipinski definition) is 3. The lowest BCUT2D eigenvalue weighted by molar-refractivity contribution is -0.137. The largest absolute Gasteiger partial charge is 0.481 e. The summed E-state index contributed by atoms with van der Waals surface area (Å²) in [5.41, 5.74) is 0.869. The van der Waals surface area contributed by atoms with Crippen molar-refractivity contribution in [2.24, 2.45) is 0 Å². The van der Waals surface area contributed by atoms with Gasteiger partial charge in [-0.1, -0.05) is 29.8 Å². The van der Waals surface area contributed by atoms with E-state index in [4.69, 9.17) is 16.7 Å². The highest BCUT2D eigenvalue weighted by Gasteiger charge is 2.11. The van der Waals surface area contributed by atoms with Crippen LogP contribution in [0.3, 0.4) is 0 Å². The molecule has 3 N–H and O–H groups in total. The van der Waals surface area contributed by atoms with E-state index in [2.05, 4.69) is 10.6 Å². The number of carbonyl (C=O) groups is 2. The summed E-state index contributed by atoms with van der Waals surface area (Å²) in [5, 5.41) is 14.8. The Kier molecular flexibility index (Phi) is 7.04. The molecule has 1 unspecified atom stereocenters. The summed E-state index contributed by atoms with van der Waals surface area (Å²) in [7, 11) is 0. The van der Waals surface area contributed by atoms with Crippen molar-refractivity contribution < 1.29 is 14.7 Å². The molecule has 110 valence electrons. The van der Waals surface area contributed by atoms with Gasteiger partial charge in [0.15, 0.2) is 0 Å². The molecule has 0 fully saturated rings. The van der Waals surface area contributed by atoms with Crippen molar-refractivity contribution in [1.29, 1.82) is 0 Å². The van der Waals surface area contributed by atoms with Gasteiger partial charge in [0.1, 0.15) is 0 Å². The first-order valence-electron chi connectivity index (χ1n) is 6.47. The lowest BCUT2D eigenvalue weighted by Crippen LogP contribution is -2.35. The van der Waals surface area contributed by atoms with E-state index in [-0.39, 0.29) is 24.9 Å². The molecule has 1 aromatic carbocycles. The zero-order chi connectivity index (χ0) is 15.0. The second-order valence-electron chi connectivity index (χ2n) is 4.48. The standard InChI is InChI=1S/C14H19ClN2O3/c1-10(11-5-2-3-6-12(11)15)17-13(18)9-16-8-4-7-14(19)20/h2-3,5-6,10,16H,4,7-9H2,1H3,(H,17,18)(H,19,20). The predicted octanol–water partition coefficient (Wildman–Crippen LogP) is 1.97. The smallest absolute Gasteiger partial charge is 0.303 e. The van der Waals surface area contributed by atoms with Gasteiger partial charge in [-0.2, -0.15) is 0 Å². The van der Waals surface area contributed by atoms with Gasteiger partial charge in [-0.05, 0) is 31.5 Å². The molecule has 20 heavy (non-hydrogen) atoms. The summed E-state index contributed by atoms with van der Waals surface area (Å²) in [6, 6.07) is 7.19. The predicted molar refractivity (Wildman–Crippen MR) is 77.7 cm³/mol. The molecular formula is C14H19ClN2O3. The fraction of sp³-hybridized carbons (Fsp3) is 0.429. The number of carboxylic acids is 1. The highest BCUT2D eigenvalue weighted by atomic mass is 35.5. The number of hydrogen-bond donors (Lipinski definition) is 3. The van der Waals surface area contributed by atoms with Crippen LogP contribution in [0.5, 0.6) is 0 Å². The zero-order valence-corrected chi connectivity index (χ0v) is 12.1. The van der Waals surface area contributed by atoms with Gasteiger partial charge in [0.25, 0.3) is 0 Å². The maximum Gasteiger partial charge on any atom is 0.303 e. The van der Waals surface area contributed by atoms with Crippen LogP contribution in [-0.2, 0) is 9.59 Å². The van der Waals surface area contributed by atoms with E-state index in [1.54, 1.807) is 6.07 Å². The quantitative estimate of drug-likeness (QED) is 0.641. The maximum atomic E-state index is 11.7. The molecule has 0 bridgehead atoms. The number of amides is 1. The van der Waals surface area contributed by atoms with E-state index in [0.29, 0.717) is 18.0 Å². The van der Waals surface area contributed by atoms with Crippen molar-refractivity contribution in [3.8, 4) is 0 Å². The van der Waals surface area contributed by atoms with Gasteiger partial charge in [-0.15, -0.1) is 0 Å². The molecule has 0 heterocycles. The third-order valence-corrected chi connectivity index (χ3v) is 3.12. The Labute approximate surface area is 123 Å². The Balaban J connectivity index is 2.28. The van der Waals surface area contributed by atoms with E-state index in [1.165, 1.54) is 0 Å². The third-order valence-electron chi connectivity index (χ3n) is 2.78. The number of carboxylic acid groups (broad SMARTS) is 1. The minimum atomic E-state index is -0.830. The Bertz CT molecular complexity index is 465. The summed E-state index contributed by atoms with van der Waals surface area (Å²) in [6.45, 7) is 2.53. The number of rotatable bonds is 8. The number of nitrogens with one attached hydrogen (secondary N) is 2. The molecule has 0 radical (unpaired) electrons. The van der Waals surface area contributed by atoms with Crippen LogP contribution in [0.15, 0.2) is 24.3 Å². The Morgan fingerprint density at radius 1 is 1.35 bits per heavy atom. The summed E-state index contributed by atoms with van der Waals surface area (Å²) in [4.78, 5) is 22.0. The zero-order valence-electron chi connectivity index (χ0n) is 11.4. The summed E-state index contributed by atoms with van der Waals surface area (Å²) < 4.78 is 0. The van der Waals surface area contributed by atoms with E-state index in [0.717, 1.165) is 5.56 Å². The van der Waals surface area contributed by atoms with Crippen LogP contribution in [0.25, 0.3) is 0 Å². The van der Waals surface area contributed by atoms with Gasteiger partial charge < -0.3 is 15.7 Å². The van der Waals surface area contributed by atoms with E-state index in [9.17, 15) is 9.59 Å². The van der Waals surface area contributed by atoms with Gasteiger partial charge >= 0.3 is 5.97 Å². The number of benzene rings is 1. The maximum absolute atomic E-state index is 11.7. The number of carbonyl (C=O) groups excluding carboxylic acids is 1. The molecule has 1 aromatic rings. The fourth-order valence-corrected chi connectivity index (χ4v) is 2.06. The van der Waals surface area contributed by atoms with Crippen LogP contribution in [-0.4, -0.2) is 30.1 Å². The van der Waals surface area contributed by atoms with Crippen molar-refractivity contribution >= 4 is 23.5 Å². The average Bonchev–Trinajstić information content (AvgIpc) is 2.38. The van der Waals surface area contributed by atoms with Crippen LogP contribution in [0.2, 0.25) is 5.02 Å². The minimum Gasteiger partial charge on any atom is -0.481 e.